The maximum Gasteiger partial charge on any atom is 0.242 e. The van der Waals surface area contributed by atoms with Gasteiger partial charge in [-0.2, -0.15) is 0 Å². The topological polar surface area (TPSA) is 63.1 Å². The van der Waals surface area contributed by atoms with Gasteiger partial charge in [0.15, 0.2) is 0 Å². The van der Waals surface area contributed by atoms with E-state index < -0.39 is 0 Å². The highest BCUT2D eigenvalue weighted by atomic mass is 16.2. The number of para-hydroxylation sites is 1. The molecule has 0 aliphatic carbocycles. The number of nitrogens with one attached hydrogen (secondary N) is 1. The molecule has 2 atom stereocenters. The molecule has 6 nitrogen and oxygen atoms in total. The van der Waals surface area contributed by atoms with Crippen molar-refractivity contribution in [3.8, 4) is 0 Å². The number of hydrogen-bond donors (Lipinski definition) is 1. The van der Waals surface area contributed by atoms with Crippen LogP contribution in [0.2, 0.25) is 0 Å². The van der Waals surface area contributed by atoms with Gasteiger partial charge < -0.3 is 5.32 Å². The maximum absolute atomic E-state index is 12.5. The van der Waals surface area contributed by atoms with Crippen LogP contribution in [0.1, 0.15) is 31.4 Å². The first-order valence-electron chi connectivity index (χ1n) is 10.4. The fourth-order valence-electron chi connectivity index (χ4n) is 4.47. The van der Waals surface area contributed by atoms with E-state index >= 15 is 0 Å². The first kappa shape index (κ1) is 19.6. The Kier molecular flexibility index (Phi) is 5.90. The lowest BCUT2D eigenvalue weighted by molar-refractivity contribution is -0.121. The molecule has 4 rings (SSSR count). The Labute approximate surface area is 171 Å². The van der Waals surface area contributed by atoms with Gasteiger partial charge in [0, 0.05) is 26.2 Å². The molecule has 0 radical (unpaired) electrons. The van der Waals surface area contributed by atoms with Gasteiger partial charge >= 0.3 is 0 Å². The quantitative estimate of drug-likeness (QED) is 0.701. The highest BCUT2D eigenvalue weighted by molar-refractivity contribution is 5.79. The van der Waals surface area contributed by atoms with Crippen molar-refractivity contribution in [3.05, 3.63) is 59.7 Å². The number of aromatic nitrogens is 3. The molecular weight excluding hydrogens is 362 g/mol. The number of benzene rings is 2. The van der Waals surface area contributed by atoms with Crippen molar-refractivity contribution in [3.63, 3.8) is 0 Å². The summed E-state index contributed by atoms with van der Waals surface area (Å²) >= 11 is 0. The number of nitrogens with zero attached hydrogens (tertiary/aromatic N) is 4. The van der Waals surface area contributed by atoms with Crippen molar-refractivity contribution in [1.29, 1.82) is 0 Å². The molecule has 1 saturated heterocycles. The first-order chi connectivity index (χ1) is 14.1. The van der Waals surface area contributed by atoms with E-state index in [1.54, 1.807) is 4.68 Å². The largest absolute Gasteiger partial charge is 0.350 e. The molecule has 1 aliphatic heterocycles. The van der Waals surface area contributed by atoms with Gasteiger partial charge in [0.25, 0.3) is 0 Å². The smallest absolute Gasteiger partial charge is 0.242 e. The number of hydrogen-bond acceptors (Lipinski definition) is 4. The molecule has 0 saturated carbocycles. The zero-order valence-corrected chi connectivity index (χ0v) is 17.2. The lowest BCUT2D eigenvalue weighted by atomic mass is 9.91. The van der Waals surface area contributed by atoms with E-state index in [4.69, 9.17) is 0 Å². The Morgan fingerprint density at radius 2 is 1.72 bits per heavy atom. The molecule has 2 aromatic carbocycles. The average Bonchev–Trinajstić information content (AvgIpc) is 3.09. The zero-order chi connectivity index (χ0) is 20.2. The van der Waals surface area contributed by atoms with Crippen LogP contribution in [0.4, 0.5) is 0 Å². The van der Waals surface area contributed by atoms with Crippen molar-refractivity contribution >= 4 is 16.9 Å². The molecule has 0 unspecified atom stereocenters. The van der Waals surface area contributed by atoms with E-state index in [1.165, 1.54) is 17.5 Å². The average molecular weight is 392 g/mol. The molecular formula is C23H29N5O. The van der Waals surface area contributed by atoms with Gasteiger partial charge in [0.2, 0.25) is 5.91 Å². The van der Waals surface area contributed by atoms with Crippen molar-refractivity contribution < 1.29 is 4.79 Å². The van der Waals surface area contributed by atoms with Gasteiger partial charge in [0.1, 0.15) is 12.1 Å². The molecule has 0 bridgehead atoms. The van der Waals surface area contributed by atoms with Crippen LogP contribution in [0.25, 0.3) is 11.0 Å². The fourth-order valence-corrected chi connectivity index (χ4v) is 4.47. The van der Waals surface area contributed by atoms with Gasteiger partial charge in [-0.05, 0) is 41.5 Å². The summed E-state index contributed by atoms with van der Waals surface area (Å²) in [4.78, 5) is 15.0. The van der Waals surface area contributed by atoms with Crippen molar-refractivity contribution in [1.82, 2.24) is 25.2 Å². The highest BCUT2D eigenvalue weighted by Crippen LogP contribution is 2.23. The van der Waals surface area contributed by atoms with Crippen molar-refractivity contribution in [2.75, 3.05) is 13.1 Å². The van der Waals surface area contributed by atoms with Crippen LogP contribution in [0.3, 0.4) is 0 Å². The molecule has 6 heteroatoms. The maximum atomic E-state index is 12.5. The monoisotopic (exact) mass is 391 g/mol. The summed E-state index contributed by atoms with van der Waals surface area (Å²) in [5.74, 6) is 1.42. The highest BCUT2D eigenvalue weighted by Gasteiger charge is 2.22. The third-order valence-corrected chi connectivity index (χ3v) is 5.65. The molecule has 0 spiro atoms. The Bertz CT molecular complexity index is 972. The molecule has 1 amide bonds. The van der Waals surface area contributed by atoms with Gasteiger partial charge in [-0.25, -0.2) is 4.68 Å². The number of carbonyl (C=O) groups excluding carboxylic acids is 1. The second-order valence-corrected chi connectivity index (χ2v) is 8.42. The first-order valence-corrected chi connectivity index (χ1v) is 10.4. The van der Waals surface area contributed by atoms with E-state index in [-0.39, 0.29) is 12.5 Å². The van der Waals surface area contributed by atoms with E-state index in [2.05, 4.69) is 52.6 Å². The number of likely N-dealkylation sites (tertiary alicyclic amines) is 1. The summed E-state index contributed by atoms with van der Waals surface area (Å²) in [7, 11) is 0. The summed E-state index contributed by atoms with van der Waals surface area (Å²) in [5, 5.41) is 11.3. The predicted octanol–water partition coefficient (Wildman–Crippen LogP) is 3.23. The van der Waals surface area contributed by atoms with E-state index in [9.17, 15) is 4.79 Å². The van der Waals surface area contributed by atoms with Crippen molar-refractivity contribution in [2.24, 2.45) is 11.8 Å². The Balaban J connectivity index is 1.38. The van der Waals surface area contributed by atoms with Crippen LogP contribution in [0, 0.1) is 11.8 Å². The zero-order valence-electron chi connectivity index (χ0n) is 17.2. The summed E-state index contributed by atoms with van der Waals surface area (Å²) in [6.45, 7) is 8.60. The third-order valence-electron chi connectivity index (χ3n) is 5.65. The van der Waals surface area contributed by atoms with Crippen LogP contribution >= 0.6 is 0 Å². The SMILES string of the molecule is C[C@H]1C[C@H](C)CN(Cc2ccccc2CNC(=O)Cn2nnc3ccccc32)C1. The number of fused-ring (bicyclic) bond motifs is 1. The van der Waals surface area contributed by atoms with Crippen LogP contribution in [-0.4, -0.2) is 38.9 Å². The lowest BCUT2D eigenvalue weighted by Gasteiger charge is -2.35. The molecule has 2 heterocycles. The summed E-state index contributed by atoms with van der Waals surface area (Å²) in [6, 6.07) is 16.1. The van der Waals surface area contributed by atoms with Gasteiger partial charge in [-0.1, -0.05) is 55.5 Å². The Morgan fingerprint density at radius 3 is 2.52 bits per heavy atom. The Morgan fingerprint density at radius 1 is 1.03 bits per heavy atom. The molecule has 3 aromatic rings. The number of amides is 1. The summed E-state index contributed by atoms with van der Waals surface area (Å²) in [5.41, 5.74) is 4.14. The van der Waals surface area contributed by atoms with E-state index in [0.29, 0.717) is 6.54 Å². The minimum atomic E-state index is -0.0596. The predicted molar refractivity (Wildman–Crippen MR) is 114 cm³/mol. The molecule has 1 N–H and O–H groups in total. The fraction of sp³-hybridized carbons (Fsp3) is 0.435. The van der Waals surface area contributed by atoms with Crippen molar-refractivity contribution in [2.45, 2.75) is 39.9 Å². The number of rotatable bonds is 6. The summed E-state index contributed by atoms with van der Waals surface area (Å²) < 4.78 is 1.65. The van der Waals surface area contributed by atoms with Crippen LogP contribution < -0.4 is 5.32 Å². The molecule has 152 valence electrons. The minimum Gasteiger partial charge on any atom is -0.350 e. The molecule has 1 aliphatic rings. The second-order valence-electron chi connectivity index (χ2n) is 8.42. The standard InChI is InChI=1S/C23H29N5O/c1-17-11-18(2)14-27(13-17)15-20-8-4-3-7-19(20)12-24-23(29)16-28-22-10-6-5-9-21(22)25-26-28/h3-10,17-18H,11-16H2,1-2H3,(H,24,29)/t17-,18-/m0/s1. The summed E-state index contributed by atoms with van der Waals surface area (Å²) in [6.07, 6.45) is 1.31. The molecule has 1 fully saturated rings. The van der Waals surface area contributed by atoms with Crippen LogP contribution in [0.5, 0.6) is 0 Å². The van der Waals surface area contributed by atoms with Gasteiger partial charge in [0.05, 0.1) is 5.52 Å². The minimum absolute atomic E-state index is 0.0596. The van der Waals surface area contributed by atoms with Gasteiger partial charge in [-0.3, -0.25) is 9.69 Å². The second kappa shape index (κ2) is 8.74. The van der Waals surface area contributed by atoms with Gasteiger partial charge in [-0.15, -0.1) is 5.10 Å². The normalized spacial score (nSPS) is 20.1. The Hall–Kier alpha value is -2.73. The third kappa shape index (κ3) is 4.82. The van der Waals surface area contributed by atoms with E-state index in [1.807, 2.05) is 30.3 Å². The lowest BCUT2D eigenvalue weighted by Crippen LogP contribution is -2.38. The van der Waals surface area contributed by atoms with Crippen LogP contribution in [-0.2, 0) is 24.4 Å². The molecule has 29 heavy (non-hydrogen) atoms. The van der Waals surface area contributed by atoms with E-state index in [0.717, 1.165) is 42.5 Å². The van der Waals surface area contributed by atoms with Crippen LogP contribution in [0.15, 0.2) is 48.5 Å². The molecule has 1 aromatic heterocycles. The number of carbonyl (C=O) groups is 1. The number of piperidine rings is 1.